The van der Waals surface area contributed by atoms with Gasteiger partial charge in [-0.25, -0.2) is 4.98 Å². The zero-order valence-corrected chi connectivity index (χ0v) is 9.89. The molecule has 1 heterocycles. The van der Waals surface area contributed by atoms with Crippen molar-refractivity contribution in [3.8, 4) is 5.75 Å². The van der Waals surface area contributed by atoms with Crippen molar-refractivity contribution in [2.45, 2.75) is 6.42 Å². The normalized spacial score (nSPS) is 9.94. The first-order chi connectivity index (χ1) is 8.40. The molecule has 2 aromatic rings. The van der Waals surface area contributed by atoms with Gasteiger partial charge in [0, 0.05) is 12.7 Å². The third-order valence-corrected chi connectivity index (χ3v) is 2.54. The van der Waals surface area contributed by atoms with Gasteiger partial charge in [-0.3, -0.25) is 0 Å². The molecule has 1 aromatic carbocycles. The molecule has 0 fully saturated rings. The number of rotatable bonds is 5. The summed E-state index contributed by atoms with van der Waals surface area (Å²) >= 11 is 0. The summed E-state index contributed by atoms with van der Waals surface area (Å²) in [6, 6.07) is 14.1. The van der Waals surface area contributed by atoms with E-state index in [0.29, 0.717) is 0 Å². The number of nitrogens with zero attached hydrogens (tertiary/aromatic N) is 1. The number of methoxy groups -OCH3 is 1. The highest BCUT2D eigenvalue weighted by molar-refractivity contribution is 5.49. The van der Waals surface area contributed by atoms with Crippen LogP contribution in [0.2, 0.25) is 0 Å². The molecule has 3 heteroatoms. The van der Waals surface area contributed by atoms with Crippen molar-refractivity contribution >= 4 is 5.82 Å². The maximum Gasteiger partial charge on any atom is 0.168 e. The van der Waals surface area contributed by atoms with E-state index in [1.807, 2.05) is 18.2 Å². The Labute approximate surface area is 101 Å². The Hall–Kier alpha value is -2.03. The van der Waals surface area contributed by atoms with Crippen molar-refractivity contribution in [1.82, 2.24) is 4.98 Å². The van der Waals surface area contributed by atoms with E-state index < -0.39 is 0 Å². The lowest BCUT2D eigenvalue weighted by Gasteiger charge is -2.09. The molecule has 17 heavy (non-hydrogen) atoms. The lowest BCUT2D eigenvalue weighted by atomic mass is 10.1. The molecular weight excluding hydrogens is 212 g/mol. The molecule has 0 saturated heterocycles. The average molecular weight is 228 g/mol. The van der Waals surface area contributed by atoms with Crippen molar-refractivity contribution in [3.63, 3.8) is 0 Å². The number of hydrogen-bond donors (Lipinski definition) is 1. The van der Waals surface area contributed by atoms with Gasteiger partial charge in [-0.2, -0.15) is 0 Å². The van der Waals surface area contributed by atoms with Crippen LogP contribution >= 0.6 is 0 Å². The minimum absolute atomic E-state index is 0.778. The fourth-order valence-corrected chi connectivity index (χ4v) is 1.66. The first kappa shape index (κ1) is 11.5. The van der Waals surface area contributed by atoms with Gasteiger partial charge in [0.25, 0.3) is 0 Å². The summed E-state index contributed by atoms with van der Waals surface area (Å²) in [6.45, 7) is 0.845. The van der Waals surface area contributed by atoms with Gasteiger partial charge in [0.2, 0.25) is 0 Å². The number of hydrogen-bond acceptors (Lipinski definition) is 3. The Morgan fingerprint density at radius 3 is 2.71 bits per heavy atom. The van der Waals surface area contributed by atoms with Crippen LogP contribution in [0.4, 0.5) is 5.82 Å². The predicted molar refractivity (Wildman–Crippen MR) is 69.4 cm³/mol. The summed E-state index contributed by atoms with van der Waals surface area (Å²) in [5.74, 6) is 1.58. The van der Waals surface area contributed by atoms with Crippen LogP contribution in [-0.2, 0) is 6.42 Å². The quantitative estimate of drug-likeness (QED) is 0.854. The van der Waals surface area contributed by atoms with Gasteiger partial charge >= 0.3 is 0 Å². The molecular formula is C14H16N2O. The van der Waals surface area contributed by atoms with E-state index in [0.717, 1.165) is 24.5 Å². The third-order valence-electron chi connectivity index (χ3n) is 2.54. The van der Waals surface area contributed by atoms with Gasteiger partial charge in [0.1, 0.15) is 0 Å². The van der Waals surface area contributed by atoms with Crippen LogP contribution in [0.25, 0.3) is 0 Å². The summed E-state index contributed by atoms with van der Waals surface area (Å²) in [5.41, 5.74) is 1.31. The monoisotopic (exact) mass is 228 g/mol. The molecule has 0 bridgehead atoms. The van der Waals surface area contributed by atoms with E-state index in [4.69, 9.17) is 4.74 Å². The maximum atomic E-state index is 5.22. The Morgan fingerprint density at radius 1 is 1.12 bits per heavy atom. The van der Waals surface area contributed by atoms with Crippen molar-refractivity contribution in [1.29, 1.82) is 0 Å². The van der Waals surface area contributed by atoms with Gasteiger partial charge in [-0.15, -0.1) is 0 Å². The molecule has 0 radical (unpaired) electrons. The van der Waals surface area contributed by atoms with E-state index >= 15 is 0 Å². The van der Waals surface area contributed by atoms with Crippen LogP contribution in [0.1, 0.15) is 5.56 Å². The Bertz CT molecular complexity index is 457. The van der Waals surface area contributed by atoms with Crippen LogP contribution in [0.15, 0.2) is 48.7 Å². The van der Waals surface area contributed by atoms with Gasteiger partial charge < -0.3 is 10.1 Å². The van der Waals surface area contributed by atoms with Gasteiger partial charge in [-0.05, 0) is 24.1 Å². The smallest absolute Gasteiger partial charge is 0.168 e. The minimum Gasteiger partial charge on any atom is -0.493 e. The molecule has 0 amide bonds. The Balaban J connectivity index is 1.90. The van der Waals surface area contributed by atoms with Crippen LogP contribution in [-0.4, -0.2) is 18.6 Å². The molecule has 0 saturated carbocycles. The molecule has 1 N–H and O–H groups in total. The summed E-state index contributed by atoms with van der Waals surface area (Å²) in [4.78, 5) is 4.24. The molecule has 0 aliphatic heterocycles. The number of ether oxygens (including phenoxy) is 1. The number of anilines is 1. The van der Waals surface area contributed by atoms with E-state index in [1.165, 1.54) is 5.56 Å². The molecule has 1 aromatic heterocycles. The van der Waals surface area contributed by atoms with Gasteiger partial charge in [0.05, 0.1) is 7.11 Å². The highest BCUT2D eigenvalue weighted by Gasteiger charge is 2.01. The maximum absolute atomic E-state index is 5.22. The summed E-state index contributed by atoms with van der Waals surface area (Å²) in [7, 11) is 1.65. The highest BCUT2D eigenvalue weighted by Crippen LogP contribution is 2.19. The van der Waals surface area contributed by atoms with Crippen molar-refractivity contribution < 1.29 is 4.74 Å². The van der Waals surface area contributed by atoms with E-state index in [1.54, 1.807) is 13.3 Å². The first-order valence-electron chi connectivity index (χ1n) is 5.67. The minimum atomic E-state index is 0.778. The standard InChI is InChI=1S/C14H16N2O/c1-17-13-8-5-10-15-14(13)16-11-9-12-6-3-2-4-7-12/h2-8,10H,9,11H2,1H3,(H,15,16). The number of benzene rings is 1. The largest absolute Gasteiger partial charge is 0.493 e. The van der Waals surface area contributed by atoms with Crippen molar-refractivity contribution in [2.24, 2.45) is 0 Å². The zero-order valence-electron chi connectivity index (χ0n) is 9.89. The number of aromatic nitrogens is 1. The molecule has 0 spiro atoms. The van der Waals surface area contributed by atoms with Crippen LogP contribution in [0.3, 0.4) is 0 Å². The molecule has 0 aliphatic rings. The topological polar surface area (TPSA) is 34.1 Å². The Kier molecular flexibility index (Phi) is 3.97. The Morgan fingerprint density at radius 2 is 1.94 bits per heavy atom. The first-order valence-corrected chi connectivity index (χ1v) is 5.67. The zero-order chi connectivity index (χ0) is 11.9. The number of pyridine rings is 1. The lowest BCUT2D eigenvalue weighted by molar-refractivity contribution is 0.415. The molecule has 88 valence electrons. The predicted octanol–water partition coefficient (Wildman–Crippen LogP) is 2.74. The summed E-state index contributed by atoms with van der Waals surface area (Å²) < 4.78 is 5.22. The fraction of sp³-hybridized carbons (Fsp3) is 0.214. The SMILES string of the molecule is COc1cccnc1NCCc1ccccc1. The van der Waals surface area contributed by atoms with Crippen LogP contribution in [0.5, 0.6) is 5.75 Å². The molecule has 0 atom stereocenters. The van der Waals surface area contributed by atoms with Gasteiger partial charge in [-0.1, -0.05) is 30.3 Å². The van der Waals surface area contributed by atoms with Crippen molar-refractivity contribution in [2.75, 3.05) is 19.0 Å². The van der Waals surface area contributed by atoms with E-state index in [9.17, 15) is 0 Å². The van der Waals surface area contributed by atoms with Gasteiger partial charge in [0.15, 0.2) is 11.6 Å². The second-order valence-electron chi connectivity index (χ2n) is 3.72. The van der Waals surface area contributed by atoms with Crippen molar-refractivity contribution in [3.05, 3.63) is 54.2 Å². The average Bonchev–Trinajstić information content (AvgIpc) is 2.40. The summed E-state index contributed by atoms with van der Waals surface area (Å²) in [5, 5.41) is 3.28. The summed E-state index contributed by atoms with van der Waals surface area (Å²) in [6.07, 6.45) is 2.73. The molecule has 0 unspecified atom stereocenters. The molecule has 2 rings (SSSR count). The highest BCUT2D eigenvalue weighted by atomic mass is 16.5. The molecule has 0 aliphatic carbocycles. The number of nitrogens with one attached hydrogen (secondary N) is 1. The fourth-order valence-electron chi connectivity index (χ4n) is 1.66. The van der Waals surface area contributed by atoms with Crippen LogP contribution < -0.4 is 10.1 Å². The van der Waals surface area contributed by atoms with E-state index in [-0.39, 0.29) is 0 Å². The second-order valence-corrected chi connectivity index (χ2v) is 3.72. The third kappa shape index (κ3) is 3.21. The molecule has 3 nitrogen and oxygen atoms in total. The lowest BCUT2D eigenvalue weighted by Crippen LogP contribution is -2.07. The second kappa shape index (κ2) is 5.89. The van der Waals surface area contributed by atoms with E-state index in [2.05, 4.69) is 34.6 Å². The van der Waals surface area contributed by atoms with Crippen LogP contribution in [0, 0.1) is 0 Å².